The molecule has 1 rings (SSSR count). The van der Waals surface area contributed by atoms with Crippen LogP contribution in [0.15, 0.2) is 0 Å². The average Bonchev–Trinajstić information content (AvgIpc) is 2.11. The van der Waals surface area contributed by atoms with E-state index in [1.165, 1.54) is 0 Å². The van der Waals surface area contributed by atoms with Crippen molar-refractivity contribution in [3.63, 3.8) is 0 Å². The fourth-order valence-electron chi connectivity index (χ4n) is 1.57. The van der Waals surface area contributed by atoms with E-state index >= 15 is 0 Å². The van der Waals surface area contributed by atoms with E-state index in [0.717, 1.165) is 19.3 Å². The van der Waals surface area contributed by atoms with Crippen LogP contribution in [0.2, 0.25) is 0 Å². The van der Waals surface area contributed by atoms with Crippen LogP contribution in [-0.4, -0.2) is 37.0 Å². The summed E-state index contributed by atoms with van der Waals surface area (Å²) in [5.74, 6) is 0.147. The number of ether oxygens (including phenoxy) is 1. The molecule has 0 atom stereocenters. The molecule has 0 saturated heterocycles. The van der Waals surface area contributed by atoms with Crippen LogP contribution in [0.3, 0.4) is 0 Å². The van der Waals surface area contributed by atoms with Crippen LogP contribution < -0.4 is 0 Å². The molecule has 0 unspecified atom stereocenters. The molecule has 0 aromatic carbocycles. The normalized spacial score (nSPS) is 15.6. The minimum atomic E-state index is -0.231. The lowest BCUT2D eigenvalue weighted by Gasteiger charge is -2.29. The van der Waals surface area contributed by atoms with Crippen LogP contribution in [0, 0.1) is 5.92 Å². The lowest BCUT2D eigenvalue weighted by molar-refractivity contribution is -0.144. The number of hydrogen-bond donors (Lipinski definition) is 0. The zero-order valence-corrected chi connectivity index (χ0v) is 9.49. The van der Waals surface area contributed by atoms with Crippen molar-refractivity contribution in [2.45, 2.75) is 32.6 Å². The molecule has 4 nitrogen and oxygen atoms in total. The van der Waals surface area contributed by atoms with Gasteiger partial charge in [-0.3, -0.25) is 9.59 Å². The Morgan fingerprint density at radius 1 is 1.40 bits per heavy atom. The van der Waals surface area contributed by atoms with E-state index in [2.05, 4.69) is 0 Å². The Labute approximate surface area is 90.6 Å². The van der Waals surface area contributed by atoms with Gasteiger partial charge >= 0.3 is 5.97 Å². The predicted octanol–water partition coefficient (Wildman–Crippen LogP) is 1.20. The second kappa shape index (κ2) is 5.73. The summed E-state index contributed by atoms with van der Waals surface area (Å²) in [6.45, 7) is 2.65. The Morgan fingerprint density at radius 2 is 2.07 bits per heavy atom. The Balaban J connectivity index is 2.19. The molecule has 1 amide bonds. The van der Waals surface area contributed by atoms with Crippen molar-refractivity contribution in [2.75, 3.05) is 20.2 Å². The van der Waals surface area contributed by atoms with E-state index in [-0.39, 0.29) is 17.8 Å². The molecule has 0 radical (unpaired) electrons. The molecule has 1 aliphatic carbocycles. The van der Waals surface area contributed by atoms with Gasteiger partial charge in [0.15, 0.2) is 0 Å². The van der Waals surface area contributed by atoms with E-state index in [0.29, 0.717) is 19.6 Å². The smallest absolute Gasteiger partial charge is 0.307 e. The largest absolute Gasteiger partial charge is 0.466 e. The van der Waals surface area contributed by atoms with Gasteiger partial charge in [-0.15, -0.1) is 0 Å². The van der Waals surface area contributed by atoms with E-state index < -0.39 is 0 Å². The maximum Gasteiger partial charge on any atom is 0.307 e. The van der Waals surface area contributed by atoms with Crippen molar-refractivity contribution in [2.24, 2.45) is 5.92 Å². The minimum Gasteiger partial charge on any atom is -0.466 e. The third-order valence-electron chi connectivity index (χ3n) is 2.79. The van der Waals surface area contributed by atoms with Crippen molar-refractivity contribution in [1.29, 1.82) is 0 Å². The fourth-order valence-corrected chi connectivity index (χ4v) is 1.57. The molecular weight excluding hydrogens is 194 g/mol. The molecule has 1 saturated carbocycles. The predicted molar refractivity (Wildman–Crippen MR) is 56.2 cm³/mol. The fraction of sp³-hybridized carbons (Fsp3) is 0.818. The Bertz CT molecular complexity index is 236. The van der Waals surface area contributed by atoms with Gasteiger partial charge in [0, 0.05) is 19.5 Å². The highest BCUT2D eigenvalue weighted by Crippen LogP contribution is 2.27. The topological polar surface area (TPSA) is 46.6 Å². The first-order chi connectivity index (χ1) is 7.15. The molecule has 1 fully saturated rings. The Kier molecular flexibility index (Phi) is 4.59. The van der Waals surface area contributed by atoms with Crippen molar-refractivity contribution >= 4 is 11.9 Å². The summed E-state index contributed by atoms with van der Waals surface area (Å²) in [6, 6.07) is 0. The molecule has 0 spiro atoms. The van der Waals surface area contributed by atoms with Gasteiger partial charge in [-0.05, 0) is 19.8 Å². The molecular formula is C11H19NO3. The standard InChI is InChI=1S/C11H19NO3/c1-3-15-10(13)7-8-12(2)11(14)9-5-4-6-9/h9H,3-8H2,1-2H3. The highest BCUT2D eigenvalue weighted by Gasteiger charge is 2.27. The number of hydrogen-bond acceptors (Lipinski definition) is 3. The van der Waals surface area contributed by atoms with Crippen molar-refractivity contribution in [3.8, 4) is 0 Å². The lowest BCUT2D eigenvalue weighted by Crippen LogP contribution is -2.37. The number of esters is 1. The van der Waals surface area contributed by atoms with Crippen molar-refractivity contribution in [3.05, 3.63) is 0 Å². The molecule has 0 heterocycles. The van der Waals surface area contributed by atoms with Gasteiger partial charge in [-0.1, -0.05) is 6.42 Å². The van der Waals surface area contributed by atoms with Gasteiger partial charge < -0.3 is 9.64 Å². The number of nitrogens with zero attached hydrogens (tertiary/aromatic N) is 1. The average molecular weight is 213 g/mol. The number of carbonyl (C=O) groups is 2. The van der Waals surface area contributed by atoms with Gasteiger partial charge in [0.25, 0.3) is 0 Å². The summed E-state index contributed by atoms with van der Waals surface area (Å²) in [6.07, 6.45) is 3.45. The third-order valence-corrected chi connectivity index (χ3v) is 2.79. The first kappa shape index (κ1) is 12.0. The quantitative estimate of drug-likeness (QED) is 0.645. The third kappa shape index (κ3) is 3.53. The number of carbonyl (C=O) groups excluding carboxylic acids is 2. The van der Waals surface area contributed by atoms with Crippen LogP contribution in [0.25, 0.3) is 0 Å². The lowest BCUT2D eigenvalue weighted by atomic mass is 9.84. The molecule has 1 aliphatic rings. The van der Waals surface area contributed by atoms with Crippen molar-refractivity contribution < 1.29 is 14.3 Å². The van der Waals surface area contributed by atoms with Crippen molar-refractivity contribution in [1.82, 2.24) is 4.90 Å². The van der Waals surface area contributed by atoms with Crippen LogP contribution in [0.4, 0.5) is 0 Å². The maximum absolute atomic E-state index is 11.7. The molecule has 0 aromatic rings. The van der Waals surface area contributed by atoms with Gasteiger partial charge in [0.1, 0.15) is 0 Å². The molecule has 86 valence electrons. The van der Waals surface area contributed by atoms with E-state index in [4.69, 9.17) is 4.74 Å². The van der Waals surface area contributed by atoms with Gasteiger partial charge in [0.2, 0.25) is 5.91 Å². The van der Waals surface area contributed by atoms with Gasteiger partial charge in [-0.25, -0.2) is 0 Å². The van der Waals surface area contributed by atoms with Crippen LogP contribution in [0.5, 0.6) is 0 Å². The second-order valence-electron chi connectivity index (χ2n) is 3.94. The molecule has 0 aromatic heterocycles. The number of amides is 1. The monoisotopic (exact) mass is 213 g/mol. The second-order valence-corrected chi connectivity index (χ2v) is 3.94. The summed E-state index contributed by atoms with van der Waals surface area (Å²) in [4.78, 5) is 24.4. The molecule has 0 aliphatic heterocycles. The molecule has 0 bridgehead atoms. The van der Waals surface area contributed by atoms with E-state index in [1.807, 2.05) is 0 Å². The summed E-state index contributed by atoms with van der Waals surface area (Å²) in [7, 11) is 1.75. The first-order valence-electron chi connectivity index (χ1n) is 5.55. The zero-order valence-electron chi connectivity index (χ0n) is 9.49. The highest BCUT2D eigenvalue weighted by molar-refractivity contribution is 5.80. The van der Waals surface area contributed by atoms with Crippen LogP contribution in [0.1, 0.15) is 32.6 Å². The summed E-state index contributed by atoms with van der Waals surface area (Å²) in [5.41, 5.74) is 0. The first-order valence-corrected chi connectivity index (χ1v) is 5.55. The summed E-state index contributed by atoms with van der Waals surface area (Å²) >= 11 is 0. The van der Waals surface area contributed by atoms with E-state index in [9.17, 15) is 9.59 Å². The van der Waals surface area contributed by atoms with Gasteiger partial charge in [-0.2, -0.15) is 0 Å². The Hall–Kier alpha value is -1.06. The zero-order chi connectivity index (χ0) is 11.3. The SMILES string of the molecule is CCOC(=O)CCN(C)C(=O)C1CCC1. The van der Waals surface area contributed by atoms with E-state index in [1.54, 1.807) is 18.9 Å². The van der Waals surface area contributed by atoms with Crippen LogP contribution in [-0.2, 0) is 14.3 Å². The highest BCUT2D eigenvalue weighted by atomic mass is 16.5. The Morgan fingerprint density at radius 3 is 2.53 bits per heavy atom. The van der Waals surface area contributed by atoms with Crippen LogP contribution >= 0.6 is 0 Å². The molecule has 15 heavy (non-hydrogen) atoms. The maximum atomic E-state index is 11.7. The van der Waals surface area contributed by atoms with Gasteiger partial charge in [0.05, 0.1) is 13.0 Å². The minimum absolute atomic E-state index is 0.172. The molecule has 0 N–H and O–H groups in total. The number of rotatable bonds is 5. The summed E-state index contributed by atoms with van der Waals surface area (Å²) < 4.78 is 4.80. The molecule has 4 heteroatoms. The summed E-state index contributed by atoms with van der Waals surface area (Å²) in [5, 5.41) is 0.